The van der Waals surface area contributed by atoms with Crippen LogP contribution in [0.25, 0.3) is 22.8 Å². The number of nitrogens with zero attached hydrogens (tertiary/aromatic N) is 4. The summed E-state index contributed by atoms with van der Waals surface area (Å²) in [6.45, 7) is 1.58. The van der Waals surface area contributed by atoms with Crippen molar-refractivity contribution < 1.29 is 4.74 Å². The van der Waals surface area contributed by atoms with E-state index >= 15 is 0 Å². The van der Waals surface area contributed by atoms with Crippen LogP contribution in [-0.4, -0.2) is 33.2 Å². The highest BCUT2D eigenvalue weighted by atomic mass is 35.5. The number of benzene rings is 1. The number of imidazole rings is 1. The Bertz CT molecular complexity index is 753. The lowest BCUT2D eigenvalue weighted by Crippen LogP contribution is -2.03. The minimum absolute atomic E-state index is 0.669. The predicted octanol–water partition coefficient (Wildman–Crippen LogP) is 3.70. The highest BCUT2D eigenvalue weighted by Gasteiger charge is 2.08. The molecule has 0 radical (unpaired) electrons. The van der Waals surface area contributed by atoms with Crippen LogP contribution in [0.15, 0.2) is 49.1 Å². The number of ether oxygens (including phenoxy) is 1. The Labute approximate surface area is 140 Å². The van der Waals surface area contributed by atoms with Crippen LogP contribution >= 0.6 is 11.6 Å². The van der Waals surface area contributed by atoms with Crippen LogP contribution < -0.4 is 0 Å². The first-order valence-electron chi connectivity index (χ1n) is 7.36. The first kappa shape index (κ1) is 15.6. The van der Waals surface area contributed by atoms with Crippen LogP contribution in [0.4, 0.5) is 0 Å². The van der Waals surface area contributed by atoms with Gasteiger partial charge in [-0.3, -0.25) is 0 Å². The second-order valence-corrected chi connectivity index (χ2v) is 5.53. The van der Waals surface area contributed by atoms with Crippen molar-refractivity contribution >= 4 is 11.6 Å². The lowest BCUT2D eigenvalue weighted by Gasteiger charge is -2.07. The van der Waals surface area contributed by atoms with Gasteiger partial charge in [-0.05, 0) is 30.7 Å². The molecule has 0 aliphatic carbocycles. The number of rotatable bonds is 6. The lowest BCUT2D eigenvalue weighted by atomic mass is 10.2. The molecule has 0 bridgehead atoms. The van der Waals surface area contributed by atoms with Crippen LogP contribution in [0.3, 0.4) is 0 Å². The molecular weight excluding hydrogens is 312 g/mol. The topological polar surface area (TPSA) is 52.8 Å². The molecule has 0 spiro atoms. The minimum Gasteiger partial charge on any atom is -0.385 e. The van der Waals surface area contributed by atoms with Crippen LogP contribution in [0.1, 0.15) is 6.42 Å². The average molecular weight is 329 g/mol. The maximum absolute atomic E-state index is 5.90. The molecule has 0 atom stereocenters. The van der Waals surface area contributed by atoms with E-state index in [2.05, 4.69) is 19.5 Å². The first-order chi connectivity index (χ1) is 11.3. The van der Waals surface area contributed by atoms with Gasteiger partial charge in [-0.1, -0.05) is 11.6 Å². The van der Waals surface area contributed by atoms with Crippen molar-refractivity contribution in [3.05, 3.63) is 54.1 Å². The summed E-state index contributed by atoms with van der Waals surface area (Å²) in [5, 5.41) is 0.698. The normalized spacial score (nSPS) is 10.9. The van der Waals surface area contributed by atoms with Gasteiger partial charge in [0.25, 0.3) is 0 Å². The van der Waals surface area contributed by atoms with Gasteiger partial charge in [-0.15, -0.1) is 0 Å². The molecule has 5 nitrogen and oxygen atoms in total. The van der Waals surface area contributed by atoms with E-state index < -0.39 is 0 Å². The van der Waals surface area contributed by atoms with E-state index in [1.807, 2.05) is 30.5 Å². The summed E-state index contributed by atoms with van der Waals surface area (Å²) in [6, 6.07) is 7.47. The fourth-order valence-corrected chi connectivity index (χ4v) is 2.45. The molecule has 0 amide bonds. The van der Waals surface area contributed by atoms with E-state index in [1.165, 1.54) is 0 Å². The number of halogens is 1. The van der Waals surface area contributed by atoms with Crippen LogP contribution in [-0.2, 0) is 11.3 Å². The maximum Gasteiger partial charge on any atom is 0.159 e. The molecule has 1 aromatic carbocycles. The Hall–Kier alpha value is -2.24. The SMILES string of the molecule is COCCCn1ccnc1-c1cnc(-c2ccc(Cl)cc2)nc1. The largest absolute Gasteiger partial charge is 0.385 e. The van der Waals surface area contributed by atoms with Crippen LogP contribution in [0.5, 0.6) is 0 Å². The molecule has 0 saturated heterocycles. The molecule has 0 aliphatic rings. The first-order valence-corrected chi connectivity index (χ1v) is 7.74. The van der Waals surface area contributed by atoms with Crippen LogP contribution in [0.2, 0.25) is 5.02 Å². The summed E-state index contributed by atoms with van der Waals surface area (Å²) in [4.78, 5) is 13.3. The zero-order valence-electron chi connectivity index (χ0n) is 12.8. The van der Waals surface area contributed by atoms with Crippen LogP contribution in [0, 0.1) is 0 Å². The molecule has 3 rings (SSSR count). The second kappa shape index (κ2) is 7.35. The molecule has 23 heavy (non-hydrogen) atoms. The Kier molecular flexibility index (Phi) is 5.00. The minimum atomic E-state index is 0.669. The maximum atomic E-state index is 5.90. The Morgan fingerprint density at radius 3 is 2.48 bits per heavy atom. The fraction of sp³-hybridized carbons (Fsp3) is 0.235. The smallest absolute Gasteiger partial charge is 0.159 e. The van der Waals surface area contributed by atoms with Gasteiger partial charge in [-0.25, -0.2) is 15.0 Å². The Morgan fingerprint density at radius 2 is 1.78 bits per heavy atom. The van der Waals surface area contributed by atoms with Crippen molar-refractivity contribution in [2.45, 2.75) is 13.0 Å². The van der Waals surface area contributed by atoms with Gasteiger partial charge in [0.2, 0.25) is 0 Å². The van der Waals surface area contributed by atoms with Crippen molar-refractivity contribution in [2.24, 2.45) is 0 Å². The predicted molar refractivity (Wildman–Crippen MR) is 90.2 cm³/mol. The monoisotopic (exact) mass is 328 g/mol. The van der Waals surface area contributed by atoms with Crippen molar-refractivity contribution in [1.82, 2.24) is 19.5 Å². The van der Waals surface area contributed by atoms with E-state index in [9.17, 15) is 0 Å². The van der Waals surface area contributed by atoms with E-state index in [0.29, 0.717) is 10.8 Å². The molecule has 2 aromatic heterocycles. The highest BCUT2D eigenvalue weighted by molar-refractivity contribution is 6.30. The number of methoxy groups -OCH3 is 1. The molecule has 2 heterocycles. The Morgan fingerprint density at radius 1 is 1.04 bits per heavy atom. The van der Waals surface area contributed by atoms with Gasteiger partial charge in [0, 0.05) is 55.6 Å². The molecule has 0 N–H and O–H groups in total. The van der Waals surface area contributed by atoms with Gasteiger partial charge in [0.15, 0.2) is 5.82 Å². The molecule has 118 valence electrons. The summed E-state index contributed by atoms with van der Waals surface area (Å²) in [6.07, 6.45) is 8.27. The zero-order valence-corrected chi connectivity index (χ0v) is 13.6. The van der Waals surface area contributed by atoms with E-state index in [-0.39, 0.29) is 0 Å². The standard InChI is InChI=1S/C17H17ClN4O/c1-23-10-2-8-22-9-7-19-17(22)14-11-20-16(21-12-14)13-3-5-15(18)6-4-13/h3-7,9,11-12H,2,8,10H2,1H3. The second-order valence-electron chi connectivity index (χ2n) is 5.09. The highest BCUT2D eigenvalue weighted by Crippen LogP contribution is 2.21. The molecule has 0 fully saturated rings. The van der Waals surface area contributed by atoms with E-state index in [0.717, 1.165) is 36.5 Å². The van der Waals surface area contributed by atoms with Crippen molar-refractivity contribution in [2.75, 3.05) is 13.7 Å². The third-order valence-electron chi connectivity index (χ3n) is 3.48. The summed E-state index contributed by atoms with van der Waals surface area (Å²) in [5.41, 5.74) is 1.83. The number of hydrogen-bond donors (Lipinski definition) is 0. The number of aryl methyl sites for hydroxylation is 1. The summed E-state index contributed by atoms with van der Waals surface area (Å²) >= 11 is 5.90. The van der Waals surface area contributed by atoms with E-state index in [4.69, 9.17) is 16.3 Å². The summed E-state index contributed by atoms with van der Waals surface area (Å²) in [7, 11) is 1.71. The van der Waals surface area contributed by atoms with Gasteiger partial charge in [-0.2, -0.15) is 0 Å². The third kappa shape index (κ3) is 3.75. The van der Waals surface area contributed by atoms with Gasteiger partial charge < -0.3 is 9.30 Å². The van der Waals surface area contributed by atoms with Gasteiger partial charge in [0.05, 0.1) is 5.56 Å². The Balaban J connectivity index is 1.80. The third-order valence-corrected chi connectivity index (χ3v) is 3.73. The van der Waals surface area contributed by atoms with E-state index in [1.54, 1.807) is 25.7 Å². The molecule has 6 heteroatoms. The quantitative estimate of drug-likeness (QED) is 0.647. The number of hydrogen-bond acceptors (Lipinski definition) is 4. The molecule has 0 saturated carbocycles. The summed E-state index contributed by atoms with van der Waals surface area (Å²) < 4.78 is 7.17. The van der Waals surface area contributed by atoms with Crippen molar-refractivity contribution in [1.29, 1.82) is 0 Å². The summed E-state index contributed by atoms with van der Waals surface area (Å²) in [5.74, 6) is 1.53. The lowest BCUT2D eigenvalue weighted by molar-refractivity contribution is 0.190. The van der Waals surface area contributed by atoms with Crippen molar-refractivity contribution in [3.63, 3.8) is 0 Å². The fourth-order valence-electron chi connectivity index (χ4n) is 2.32. The number of aromatic nitrogens is 4. The molecular formula is C17H17ClN4O. The van der Waals surface area contributed by atoms with Crippen molar-refractivity contribution in [3.8, 4) is 22.8 Å². The zero-order chi connectivity index (χ0) is 16.1. The average Bonchev–Trinajstić information content (AvgIpc) is 3.05. The molecule has 0 aliphatic heterocycles. The van der Waals surface area contributed by atoms with Gasteiger partial charge >= 0.3 is 0 Å². The molecule has 3 aromatic rings. The van der Waals surface area contributed by atoms with Gasteiger partial charge in [0.1, 0.15) is 5.82 Å². The molecule has 0 unspecified atom stereocenters.